The van der Waals surface area contributed by atoms with Crippen LogP contribution in [0, 0.1) is 22.7 Å². The number of benzene rings is 2. The summed E-state index contributed by atoms with van der Waals surface area (Å²) in [6, 6.07) is 17.9. The van der Waals surface area contributed by atoms with Gasteiger partial charge in [-0.2, -0.15) is 10.5 Å². The molecule has 0 atom stereocenters. The highest BCUT2D eigenvalue weighted by Crippen LogP contribution is 2.29. The molecule has 0 bridgehead atoms. The Morgan fingerprint density at radius 2 is 1.72 bits per heavy atom. The van der Waals surface area contributed by atoms with Crippen LogP contribution in [-0.2, 0) is 4.74 Å². The van der Waals surface area contributed by atoms with Crippen LogP contribution in [0.3, 0.4) is 0 Å². The topological polar surface area (TPSA) is 109 Å². The number of allylic oxidation sites excluding steroid dienone is 1. The normalized spacial score (nSPS) is 12.8. The van der Waals surface area contributed by atoms with Crippen molar-refractivity contribution in [2.45, 2.75) is 6.92 Å². The molecule has 1 aliphatic rings. The number of nitrogens with one attached hydrogen (secondary N) is 1. The second-order valence-corrected chi connectivity index (χ2v) is 7.02. The van der Waals surface area contributed by atoms with Crippen LogP contribution in [0.4, 0.5) is 11.4 Å². The summed E-state index contributed by atoms with van der Waals surface area (Å²) >= 11 is 0. The van der Waals surface area contributed by atoms with Crippen LogP contribution in [0.1, 0.15) is 27.6 Å². The number of nitrogens with zero attached hydrogens (tertiary/aromatic N) is 4. The van der Waals surface area contributed by atoms with Crippen molar-refractivity contribution in [2.24, 2.45) is 0 Å². The third-order valence-corrected chi connectivity index (χ3v) is 5.05. The molecule has 3 rings (SSSR count). The molecule has 1 N–H and O–H groups in total. The molecule has 8 nitrogen and oxygen atoms in total. The van der Waals surface area contributed by atoms with E-state index in [2.05, 4.69) is 10.2 Å². The second kappa shape index (κ2) is 10.6. The van der Waals surface area contributed by atoms with Gasteiger partial charge in [-0.25, -0.2) is 4.79 Å². The summed E-state index contributed by atoms with van der Waals surface area (Å²) in [5, 5.41) is 21.0. The van der Waals surface area contributed by atoms with E-state index in [-0.39, 0.29) is 18.1 Å². The fraction of sp³-hybridized carbons (Fsp3) is 0.250. The quantitative estimate of drug-likeness (QED) is 0.555. The first kappa shape index (κ1) is 22.4. The zero-order valence-corrected chi connectivity index (χ0v) is 17.7. The molecular weight excluding hydrogens is 406 g/mol. The van der Waals surface area contributed by atoms with Crippen LogP contribution < -0.4 is 10.2 Å². The lowest BCUT2D eigenvalue weighted by atomic mass is 10.1. The molecule has 2 aromatic carbocycles. The lowest BCUT2D eigenvalue weighted by molar-refractivity contribution is 0.0526. The lowest BCUT2D eigenvalue weighted by Crippen LogP contribution is -2.49. The number of carbonyl (C=O) groups is 2. The SMILES string of the molecule is CCOC(=O)c1ccc(N2CCN(C(=O)c3ccccc3)CC2)c(NC=C(C#N)C#N)c1. The molecule has 0 unspecified atom stereocenters. The van der Waals surface area contributed by atoms with Crippen LogP contribution in [0.2, 0.25) is 0 Å². The third kappa shape index (κ3) is 5.24. The number of hydrogen-bond donors (Lipinski definition) is 1. The number of piperazine rings is 1. The van der Waals surface area contributed by atoms with E-state index in [1.165, 1.54) is 6.20 Å². The maximum absolute atomic E-state index is 12.7. The van der Waals surface area contributed by atoms with E-state index in [0.717, 1.165) is 5.69 Å². The zero-order valence-electron chi connectivity index (χ0n) is 17.7. The number of hydrogen-bond acceptors (Lipinski definition) is 7. The average Bonchev–Trinajstić information content (AvgIpc) is 2.85. The number of ether oxygens (including phenoxy) is 1. The van der Waals surface area contributed by atoms with Gasteiger partial charge in [-0.15, -0.1) is 0 Å². The highest BCUT2D eigenvalue weighted by Gasteiger charge is 2.24. The van der Waals surface area contributed by atoms with Gasteiger partial charge in [0.05, 0.1) is 23.5 Å². The standard InChI is InChI=1S/C24H23N5O3/c1-2-32-24(31)20-8-9-22(21(14-20)27-17-18(15-25)16-26)28-10-12-29(13-11-28)23(30)19-6-4-3-5-7-19/h3-9,14,17,27H,2,10-13H2,1H3. The minimum Gasteiger partial charge on any atom is -0.462 e. The molecule has 0 spiro atoms. The fourth-order valence-electron chi connectivity index (χ4n) is 3.42. The summed E-state index contributed by atoms with van der Waals surface area (Å²) in [4.78, 5) is 28.8. The summed E-state index contributed by atoms with van der Waals surface area (Å²) in [7, 11) is 0. The smallest absolute Gasteiger partial charge is 0.338 e. The van der Waals surface area contributed by atoms with Crippen molar-refractivity contribution in [3.8, 4) is 12.1 Å². The molecule has 0 aromatic heterocycles. The van der Waals surface area contributed by atoms with E-state index in [1.807, 2.05) is 23.1 Å². The van der Waals surface area contributed by atoms with Gasteiger partial charge in [0.1, 0.15) is 17.7 Å². The van der Waals surface area contributed by atoms with Gasteiger partial charge in [0, 0.05) is 37.9 Å². The van der Waals surface area contributed by atoms with Crippen molar-refractivity contribution >= 4 is 23.3 Å². The number of rotatable bonds is 6. The van der Waals surface area contributed by atoms with Gasteiger partial charge in [0.25, 0.3) is 5.91 Å². The molecule has 1 saturated heterocycles. The zero-order chi connectivity index (χ0) is 22.9. The Morgan fingerprint density at radius 3 is 2.34 bits per heavy atom. The number of esters is 1. The van der Waals surface area contributed by atoms with Gasteiger partial charge >= 0.3 is 5.97 Å². The summed E-state index contributed by atoms with van der Waals surface area (Å²) in [6.45, 7) is 4.27. The Labute approximate surface area is 186 Å². The average molecular weight is 429 g/mol. The Hall–Kier alpha value is -4.30. The molecule has 1 aliphatic heterocycles. The highest BCUT2D eigenvalue weighted by atomic mass is 16.5. The Balaban J connectivity index is 1.80. The predicted octanol–water partition coefficient (Wildman–Crippen LogP) is 3.17. The first-order chi connectivity index (χ1) is 15.6. The van der Waals surface area contributed by atoms with Gasteiger partial charge in [-0.1, -0.05) is 18.2 Å². The second-order valence-electron chi connectivity index (χ2n) is 7.02. The molecule has 32 heavy (non-hydrogen) atoms. The van der Waals surface area contributed by atoms with Crippen LogP contribution in [0.5, 0.6) is 0 Å². The van der Waals surface area contributed by atoms with Crippen molar-refractivity contribution in [2.75, 3.05) is 43.0 Å². The number of carbonyl (C=O) groups excluding carboxylic acids is 2. The van der Waals surface area contributed by atoms with Crippen LogP contribution in [0.25, 0.3) is 0 Å². The molecule has 1 amide bonds. The van der Waals surface area contributed by atoms with Crippen molar-refractivity contribution in [3.63, 3.8) is 0 Å². The lowest BCUT2D eigenvalue weighted by Gasteiger charge is -2.37. The minimum absolute atomic E-state index is 0.00290. The minimum atomic E-state index is -0.454. The summed E-state index contributed by atoms with van der Waals surface area (Å²) in [5.41, 5.74) is 2.31. The molecule has 8 heteroatoms. The largest absolute Gasteiger partial charge is 0.462 e. The summed E-state index contributed by atoms with van der Waals surface area (Å²) < 4.78 is 5.07. The van der Waals surface area contributed by atoms with E-state index < -0.39 is 5.97 Å². The maximum atomic E-state index is 12.7. The van der Waals surface area contributed by atoms with E-state index in [0.29, 0.717) is 43.0 Å². The van der Waals surface area contributed by atoms with Gasteiger partial charge in [-0.3, -0.25) is 4.79 Å². The summed E-state index contributed by atoms with van der Waals surface area (Å²) in [5.74, 6) is -0.456. The Morgan fingerprint density at radius 1 is 1.03 bits per heavy atom. The molecule has 1 fully saturated rings. The van der Waals surface area contributed by atoms with Gasteiger partial charge in [-0.05, 0) is 37.3 Å². The van der Waals surface area contributed by atoms with Crippen molar-refractivity contribution < 1.29 is 14.3 Å². The van der Waals surface area contributed by atoms with Gasteiger partial charge in [0.15, 0.2) is 0 Å². The van der Waals surface area contributed by atoms with Crippen LogP contribution >= 0.6 is 0 Å². The highest BCUT2D eigenvalue weighted by molar-refractivity contribution is 5.94. The molecule has 0 saturated carbocycles. The van der Waals surface area contributed by atoms with Crippen molar-refractivity contribution in [1.29, 1.82) is 10.5 Å². The Bertz CT molecular complexity index is 1070. The monoisotopic (exact) mass is 429 g/mol. The molecule has 0 radical (unpaired) electrons. The van der Waals surface area contributed by atoms with E-state index >= 15 is 0 Å². The third-order valence-electron chi connectivity index (χ3n) is 5.05. The van der Waals surface area contributed by atoms with E-state index in [1.54, 1.807) is 49.4 Å². The first-order valence-electron chi connectivity index (χ1n) is 10.2. The van der Waals surface area contributed by atoms with E-state index in [4.69, 9.17) is 15.3 Å². The fourth-order valence-corrected chi connectivity index (χ4v) is 3.42. The van der Waals surface area contributed by atoms with Crippen molar-refractivity contribution in [1.82, 2.24) is 4.90 Å². The number of nitriles is 2. The van der Waals surface area contributed by atoms with Crippen LogP contribution in [-0.4, -0.2) is 49.6 Å². The number of amides is 1. The summed E-state index contributed by atoms with van der Waals surface area (Å²) in [6.07, 6.45) is 1.31. The van der Waals surface area contributed by atoms with Gasteiger partial charge < -0.3 is 19.9 Å². The van der Waals surface area contributed by atoms with Crippen LogP contribution in [0.15, 0.2) is 60.3 Å². The Kier molecular flexibility index (Phi) is 7.45. The van der Waals surface area contributed by atoms with Gasteiger partial charge in [0.2, 0.25) is 0 Å². The molecule has 2 aromatic rings. The number of anilines is 2. The van der Waals surface area contributed by atoms with Crippen molar-refractivity contribution in [3.05, 3.63) is 71.4 Å². The molecule has 1 heterocycles. The first-order valence-corrected chi connectivity index (χ1v) is 10.2. The predicted molar refractivity (Wildman–Crippen MR) is 120 cm³/mol. The molecular formula is C24H23N5O3. The molecule has 162 valence electrons. The molecule has 0 aliphatic carbocycles. The van der Waals surface area contributed by atoms with E-state index in [9.17, 15) is 9.59 Å². The maximum Gasteiger partial charge on any atom is 0.338 e.